The lowest BCUT2D eigenvalue weighted by molar-refractivity contribution is 0.382. The van der Waals surface area contributed by atoms with E-state index in [4.69, 9.17) is 9.47 Å². The van der Waals surface area contributed by atoms with Gasteiger partial charge in [-0.25, -0.2) is 13.1 Å². The van der Waals surface area contributed by atoms with Gasteiger partial charge in [0, 0.05) is 31.3 Å². The van der Waals surface area contributed by atoms with Gasteiger partial charge in [0.2, 0.25) is 10.0 Å². The highest BCUT2D eigenvalue weighted by molar-refractivity contribution is 7.89. The van der Waals surface area contributed by atoms with Crippen molar-refractivity contribution in [1.82, 2.24) is 19.3 Å². The van der Waals surface area contributed by atoms with Gasteiger partial charge in [0.25, 0.3) is 0 Å². The molecule has 2 aliphatic rings. The SMILES string of the molecule is COc1ccc(S(=O)(=O)N2CCC(n3cc(C4CC4)nn3)C2)c(OC)c1. The van der Waals surface area contributed by atoms with Crippen LogP contribution in [0.1, 0.15) is 36.9 Å². The molecule has 0 radical (unpaired) electrons. The molecule has 1 aliphatic carbocycles. The lowest BCUT2D eigenvalue weighted by Gasteiger charge is -2.18. The van der Waals surface area contributed by atoms with Crippen LogP contribution in [0.2, 0.25) is 0 Å². The van der Waals surface area contributed by atoms with E-state index < -0.39 is 10.0 Å². The fourth-order valence-corrected chi connectivity index (χ4v) is 4.94. The van der Waals surface area contributed by atoms with Crippen LogP contribution in [0.3, 0.4) is 0 Å². The molecule has 140 valence electrons. The first-order chi connectivity index (χ1) is 12.5. The maximum Gasteiger partial charge on any atom is 0.246 e. The summed E-state index contributed by atoms with van der Waals surface area (Å²) in [6.07, 6.45) is 5.01. The van der Waals surface area contributed by atoms with Gasteiger partial charge in [0.1, 0.15) is 16.4 Å². The topological polar surface area (TPSA) is 86.6 Å². The van der Waals surface area contributed by atoms with Gasteiger partial charge >= 0.3 is 0 Å². The van der Waals surface area contributed by atoms with Crippen LogP contribution in [0, 0.1) is 0 Å². The molecule has 2 aromatic rings. The molecule has 4 rings (SSSR count). The average Bonchev–Trinajstić information content (AvgIpc) is 3.18. The molecule has 1 unspecified atom stereocenters. The third-order valence-electron chi connectivity index (χ3n) is 5.01. The normalized spacial score (nSPS) is 21.1. The monoisotopic (exact) mass is 378 g/mol. The second-order valence-corrected chi connectivity index (χ2v) is 8.63. The summed E-state index contributed by atoms with van der Waals surface area (Å²) in [5.41, 5.74) is 1.02. The van der Waals surface area contributed by atoms with Crippen LogP contribution in [0.15, 0.2) is 29.3 Å². The van der Waals surface area contributed by atoms with Crippen molar-refractivity contribution in [2.24, 2.45) is 0 Å². The number of benzene rings is 1. The van der Waals surface area contributed by atoms with Crippen LogP contribution in [-0.4, -0.2) is 55.0 Å². The highest BCUT2D eigenvalue weighted by Gasteiger charge is 2.36. The Morgan fingerprint density at radius 2 is 1.96 bits per heavy atom. The Balaban J connectivity index is 1.55. The lowest BCUT2D eigenvalue weighted by atomic mass is 10.2. The van der Waals surface area contributed by atoms with Gasteiger partial charge in [-0.1, -0.05) is 5.21 Å². The summed E-state index contributed by atoms with van der Waals surface area (Å²) in [6, 6.07) is 4.75. The number of sulfonamides is 1. The Morgan fingerprint density at radius 1 is 1.15 bits per heavy atom. The number of hydrogen-bond donors (Lipinski definition) is 0. The van der Waals surface area contributed by atoms with Crippen LogP contribution >= 0.6 is 0 Å². The van der Waals surface area contributed by atoms with E-state index in [2.05, 4.69) is 10.3 Å². The zero-order valence-corrected chi connectivity index (χ0v) is 15.6. The lowest BCUT2D eigenvalue weighted by Crippen LogP contribution is -2.29. The smallest absolute Gasteiger partial charge is 0.246 e. The van der Waals surface area contributed by atoms with E-state index >= 15 is 0 Å². The van der Waals surface area contributed by atoms with Crippen LogP contribution < -0.4 is 9.47 Å². The second-order valence-electron chi connectivity index (χ2n) is 6.72. The molecular formula is C17H22N4O4S. The van der Waals surface area contributed by atoms with Gasteiger partial charge < -0.3 is 9.47 Å². The summed E-state index contributed by atoms with van der Waals surface area (Å²) in [7, 11) is -0.670. The minimum absolute atomic E-state index is 0.00835. The number of aromatic nitrogens is 3. The molecule has 0 spiro atoms. The highest BCUT2D eigenvalue weighted by Crippen LogP contribution is 2.39. The molecule has 8 nitrogen and oxygen atoms in total. The molecule has 1 aliphatic heterocycles. The largest absolute Gasteiger partial charge is 0.497 e. The van der Waals surface area contributed by atoms with Gasteiger partial charge in [-0.2, -0.15) is 4.31 Å². The molecule has 2 heterocycles. The van der Waals surface area contributed by atoms with E-state index in [-0.39, 0.29) is 16.7 Å². The molecule has 1 aromatic heterocycles. The van der Waals surface area contributed by atoms with Crippen molar-refractivity contribution in [2.45, 2.75) is 36.1 Å². The predicted molar refractivity (Wildman–Crippen MR) is 94.0 cm³/mol. The van der Waals surface area contributed by atoms with Gasteiger partial charge in [-0.05, 0) is 31.4 Å². The van der Waals surface area contributed by atoms with Crippen molar-refractivity contribution in [3.8, 4) is 11.5 Å². The molecule has 0 N–H and O–H groups in total. The van der Waals surface area contributed by atoms with Gasteiger partial charge in [-0.15, -0.1) is 5.10 Å². The molecule has 9 heteroatoms. The van der Waals surface area contributed by atoms with E-state index in [1.54, 1.807) is 12.1 Å². The highest BCUT2D eigenvalue weighted by atomic mass is 32.2. The van der Waals surface area contributed by atoms with Crippen LogP contribution in [0.5, 0.6) is 11.5 Å². The number of rotatable bonds is 6. The number of ether oxygens (including phenoxy) is 2. The Kier molecular flexibility index (Phi) is 4.36. The minimum atomic E-state index is -3.65. The Labute approximate surface area is 152 Å². The van der Waals surface area contributed by atoms with Crippen LogP contribution in [0.4, 0.5) is 0 Å². The molecule has 1 aromatic carbocycles. The molecule has 0 amide bonds. The fourth-order valence-electron chi connectivity index (χ4n) is 3.31. The first kappa shape index (κ1) is 17.3. The number of nitrogens with zero attached hydrogens (tertiary/aromatic N) is 4. The summed E-state index contributed by atoms with van der Waals surface area (Å²) in [6.45, 7) is 0.825. The summed E-state index contributed by atoms with van der Waals surface area (Å²) >= 11 is 0. The second kappa shape index (κ2) is 6.55. The fraction of sp³-hybridized carbons (Fsp3) is 0.529. The molecular weight excluding hydrogens is 356 g/mol. The minimum Gasteiger partial charge on any atom is -0.497 e. The third-order valence-corrected chi connectivity index (χ3v) is 6.92. The molecule has 1 atom stereocenters. The quantitative estimate of drug-likeness (QED) is 0.762. The third kappa shape index (κ3) is 3.05. The van der Waals surface area contributed by atoms with Crippen molar-refractivity contribution < 1.29 is 17.9 Å². The number of methoxy groups -OCH3 is 2. The number of hydrogen-bond acceptors (Lipinski definition) is 6. The van der Waals surface area contributed by atoms with Crippen molar-refractivity contribution >= 4 is 10.0 Å². The predicted octanol–water partition coefficient (Wildman–Crippen LogP) is 1.81. The molecule has 1 saturated heterocycles. The van der Waals surface area contributed by atoms with Gasteiger partial charge in [0.15, 0.2) is 0 Å². The van der Waals surface area contributed by atoms with E-state index in [0.717, 1.165) is 5.69 Å². The summed E-state index contributed by atoms with van der Waals surface area (Å²) in [5.74, 6) is 1.37. The van der Waals surface area contributed by atoms with Crippen LogP contribution in [0.25, 0.3) is 0 Å². The zero-order valence-electron chi connectivity index (χ0n) is 14.8. The first-order valence-corrected chi connectivity index (χ1v) is 10.1. The summed E-state index contributed by atoms with van der Waals surface area (Å²) < 4.78 is 39.9. The first-order valence-electron chi connectivity index (χ1n) is 8.67. The molecule has 2 fully saturated rings. The summed E-state index contributed by atoms with van der Waals surface area (Å²) in [5, 5.41) is 8.43. The van der Waals surface area contributed by atoms with Crippen molar-refractivity contribution in [3.05, 3.63) is 30.1 Å². The van der Waals surface area contributed by atoms with Crippen molar-refractivity contribution in [1.29, 1.82) is 0 Å². The van der Waals surface area contributed by atoms with E-state index in [1.165, 1.54) is 37.4 Å². The van der Waals surface area contributed by atoms with Crippen LogP contribution in [-0.2, 0) is 10.0 Å². The van der Waals surface area contributed by atoms with E-state index in [0.29, 0.717) is 31.2 Å². The Bertz CT molecular complexity index is 907. The van der Waals surface area contributed by atoms with Crippen molar-refractivity contribution in [2.75, 3.05) is 27.3 Å². The Morgan fingerprint density at radius 3 is 2.65 bits per heavy atom. The molecule has 26 heavy (non-hydrogen) atoms. The maximum absolute atomic E-state index is 13.1. The van der Waals surface area contributed by atoms with E-state index in [9.17, 15) is 8.42 Å². The van der Waals surface area contributed by atoms with Gasteiger partial charge in [-0.3, -0.25) is 0 Å². The summed E-state index contributed by atoms with van der Waals surface area (Å²) in [4.78, 5) is 0.152. The maximum atomic E-state index is 13.1. The zero-order chi connectivity index (χ0) is 18.3. The Hall–Kier alpha value is -2.13. The molecule has 0 bridgehead atoms. The molecule has 1 saturated carbocycles. The van der Waals surface area contributed by atoms with Crippen molar-refractivity contribution in [3.63, 3.8) is 0 Å². The van der Waals surface area contributed by atoms with E-state index in [1.807, 2.05) is 10.9 Å². The van der Waals surface area contributed by atoms with Gasteiger partial charge in [0.05, 0.1) is 26.0 Å². The average molecular weight is 378 g/mol. The standard InChI is InChI=1S/C17H22N4O4S/c1-24-14-5-6-17(16(9-14)25-2)26(22,23)20-8-7-13(10-20)21-11-15(18-19-21)12-3-4-12/h5-6,9,11-13H,3-4,7-8,10H2,1-2H3.